The van der Waals surface area contributed by atoms with Crippen molar-refractivity contribution in [3.8, 4) is 0 Å². The van der Waals surface area contributed by atoms with Gasteiger partial charge < -0.3 is 22.0 Å². The minimum Gasteiger partial charge on any atom is -1.00 e. The van der Waals surface area contributed by atoms with Crippen molar-refractivity contribution in [3.05, 3.63) is 0 Å². The van der Waals surface area contributed by atoms with Crippen LogP contribution < -0.4 is 12.4 Å². The third-order valence-corrected chi connectivity index (χ3v) is 4.96. The van der Waals surface area contributed by atoms with Crippen molar-refractivity contribution in [1.82, 2.24) is 0 Å². The molecule has 0 aromatic heterocycles. The van der Waals surface area contributed by atoms with Crippen LogP contribution in [-0.4, -0.2) is 37.0 Å². The van der Waals surface area contributed by atoms with E-state index >= 15 is 0 Å². The van der Waals surface area contributed by atoms with Crippen molar-refractivity contribution in [3.63, 3.8) is 0 Å². The molecule has 0 spiro atoms. The van der Waals surface area contributed by atoms with E-state index in [1.165, 1.54) is 96.3 Å². The van der Waals surface area contributed by atoms with Crippen LogP contribution in [0.4, 0.5) is 0 Å². The lowest BCUT2D eigenvalue weighted by Gasteiger charge is -2.29. The van der Waals surface area contributed by atoms with E-state index < -0.39 is 0 Å². The van der Waals surface area contributed by atoms with Crippen molar-refractivity contribution >= 4 is 0 Å². The Kier molecular flexibility index (Phi) is 19.8. The fourth-order valence-electron chi connectivity index (χ4n) is 3.09. The molecule has 0 aliphatic rings. The fourth-order valence-corrected chi connectivity index (χ4v) is 3.09. The second kappa shape index (κ2) is 18.0. The SMILES string of the molecule is CCCCCCCCCCCCCCCCCC(O)[N+](C)(C)C.[Cl-]. The van der Waals surface area contributed by atoms with Gasteiger partial charge in [0.15, 0.2) is 6.23 Å². The molecular weight excluding hydrogens is 318 g/mol. The van der Waals surface area contributed by atoms with Gasteiger partial charge in [0, 0.05) is 6.42 Å². The van der Waals surface area contributed by atoms with Gasteiger partial charge in [-0.15, -0.1) is 0 Å². The zero-order valence-electron chi connectivity index (χ0n) is 17.2. The molecule has 3 heteroatoms. The first-order chi connectivity index (χ1) is 11.0. The van der Waals surface area contributed by atoms with Crippen molar-refractivity contribution < 1.29 is 22.0 Å². The lowest BCUT2D eigenvalue weighted by atomic mass is 10.0. The normalized spacial score (nSPS) is 12.9. The first kappa shape index (κ1) is 26.4. The fraction of sp³-hybridized carbons (Fsp3) is 1.00. The summed E-state index contributed by atoms with van der Waals surface area (Å²) in [6.07, 6.45) is 21.7. The quantitative estimate of drug-likeness (QED) is 0.239. The van der Waals surface area contributed by atoms with E-state index in [4.69, 9.17) is 0 Å². The van der Waals surface area contributed by atoms with Crippen LogP contribution in [0.25, 0.3) is 0 Å². The maximum absolute atomic E-state index is 9.96. The van der Waals surface area contributed by atoms with Gasteiger partial charge in [0.25, 0.3) is 0 Å². The number of quaternary nitrogens is 1. The maximum Gasteiger partial charge on any atom is 0.189 e. The monoisotopic (exact) mass is 363 g/mol. The number of rotatable bonds is 17. The van der Waals surface area contributed by atoms with E-state index in [2.05, 4.69) is 28.1 Å². The molecule has 0 aliphatic carbocycles. The number of aliphatic hydroxyl groups is 1. The molecule has 24 heavy (non-hydrogen) atoms. The van der Waals surface area contributed by atoms with Crippen molar-refractivity contribution in [1.29, 1.82) is 0 Å². The van der Waals surface area contributed by atoms with Crippen molar-refractivity contribution in [2.45, 2.75) is 116 Å². The number of nitrogens with zero attached hydrogens (tertiary/aromatic N) is 1. The van der Waals surface area contributed by atoms with E-state index in [1.807, 2.05) is 0 Å². The molecule has 0 bridgehead atoms. The Morgan fingerprint density at radius 3 is 1.17 bits per heavy atom. The number of unbranched alkanes of at least 4 members (excludes halogenated alkanes) is 14. The smallest absolute Gasteiger partial charge is 0.189 e. The van der Waals surface area contributed by atoms with Gasteiger partial charge in [-0.05, 0) is 6.42 Å². The molecule has 0 aromatic rings. The highest BCUT2D eigenvalue weighted by Gasteiger charge is 2.19. The zero-order valence-corrected chi connectivity index (χ0v) is 17.9. The van der Waals surface area contributed by atoms with Gasteiger partial charge in [0.1, 0.15) is 0 Å². The number of hydrogen-bond donors (Lipinski definition) is 1. The third kappa shape index (κ3) is 18.5. The van der Waals surface area contributed by atoms with Gasteiger partial charge in [-0.3, -0.25) is 0 Å². The standard InChI is InChI=1S/C21H46NO.ClH/c1-5-6-7-8-9-10-11-12-13-14-15-16-17-18-19-20-21(23)22(2,3)4;/h21,23H,5-20H2,1-4H3;1H/q+1;/p-1. The van der Waals surface area contributed by atoms with E-state index in [-0.39, 0.29) is 18.6 Å². The summed E-state index contributed by atoms with van der Waals surface area (Å²) in [5, 5.41) is 9.96. The molecule has 0 aromatic carbocycles. The summed E-state index contributed by atoms with van der Waals surface area (Å²) in [6, 6.07) is 0. The van der Waals surface area contributed by atoms with Crippen LogP contribution in [-0.2, 0) is 0 Å². The van der Waals surface area contributed by atoms with Gasteiger partial charge in [0.05, 0.1) is 21.1 Å². The summed E-state index contributed by atoms with van der Waals surface area (Å²) >= 11 is 0. The maximum atomic E-state index is 9.96. The second-order valence-corrected chi connectivity index (χ2v) is 8.34. The summed E-state index contributed by atoms with van der Waals surface area (Å²) in [4.78, 5) is 0. The molecule has 2 nitrogen and oxygen atoms in total. The largest absolute Gasteiger partial charge is 1.00 e. The van der Waals surface area contributed by atoms with Crippen LogP contribution in [0.5, 0.6) is 0 Å². The molecule has 0 saturated heterocycles. The average Bonchev–Trinajstić information content (AvgIpc) is 2.50. The predicted octanol–water partition coefficient (Wildman–Crippen LogP) is 3.28. The Morgan fingerprint density at radius 1 is 0.583 bits per heavy atom. The van der Waals surface area contributed by atoms with Crippen LogP contribution in [0.3, 0.4) is 0 Å². The molecule has 1 unspecified atom stereocenters. The second-order valence-electron chi connectivity index (χ2n) is 8.34. The first-order valence-corrected chi connectivity index (χ1v) is 10.5. The van der Waals surface area contributed by atoms with Crippen molar-refractivity contribution in [2.24, 2.45) is 0 Å². The van der Waals surface area contributed by atoms with Gasteiger partial charge >= 0.3 is 0 Å². The van der Waals surface area contributed by atoms with Gasteiger partial charge in [-0.2, -0.15) is 0 Å². The molecular formula is C21H46ClNO. The average molecular weight is 364 g/mol. The Balaban J connectivity index is 0. The lowest BCUT2D eigenvalue weighted by Crippen LogP contribution is -3.00. The third-order valence-electron chi connectivity index (χ3n) is 4.96. The van der Waals surface area contributed by atoms with Gasteiger partial charge in [0.2, 0.25) is 0 Å². The Labute approximate surface area is 159 Å². The first-order valence-electron chi connectivity index (χ1n) is 10.5. The molecule has 148 valence electrons. The molecule has 0 saturated carbocycles. The van der Waals surface area contributed by atoms with Crippen LogP contribution >= 0.6 is 0 Å². The minimum atomic E-state index is -0.197. The molecule has 1 atom stereocenters. The van der Waals surface area contributed by atoms with Gasteiger partial charge in [-0.1, -0.05) is 96.8 Å². The number of hydrogen-bond acceptors (Lipinski definition) is 1. The minimum absolute atomic E-state index is 0. The topological polar surface area (TPSA) is 20.2 Å². The summed E-state index contributed by atoms with van der Waals surface area (Å²) in [5.41, 5.74) is 0. The molecule has 1 N–H and O–H groups in total. The van der Waals surface area contributed by atoms with Crippen LogP contribution in [0.15, 0.2) is 0 Å². The van der Waals surface area contributed by atoms with Crippen LogP contribution in [0.2, 0.25) is 0 Å². The Hall–Kier alpha value is 0.210. The number of halogens is 1. The summed E-state index contributed by atoms with van der Waals surface area (Å²) in [5.74, 6) is 0. The zero-order chi connectivity index (χ0) is 17.4. The van der Waals surface area contributed by atoms with E-state index in [9.17, 15) is 5.11 Å². The van der Waals surface area contributed by atoms with E-state index in [0.717, 1.165) is 6.42 Å². The van der Waals surface area contributed by atoms with E-state index in [1.54, 1.807) is 0 Å². The highest BCUT2D eigenvalue weighted by molar-refractivity contribution is 4.50. The molecule has 0 heterocycles. The number of aliphatic hydroxyl groups excluding tert-OH is 1. The Bertz CT molecular complexity index is 240. The lowest BCUT2D eigenvalue weighted by molar-refractivity contribution is -0.919. The summed E-state index contributed by atoms with van der Waals surface area (Å²) in [6.45, 7) is 2.29. The Morgan fingerprint density at radius 2 is 0.875 bits per heavy atom. The van der Waals surface area contributed by atoms with Crippen molar-refractivity contribution in [2.75, 3.05) is 21.1 Å². The molecule has 0 fully saturated rings. The molecule has 0 aliphatic heterocycles. The predicted molar refractivity (Wildman–Crippen MR) is 104 cm³/mol. The van der Waals surface area contributed by atoms with Crippen LogP contribution in [0.1, 0.15) is 110 Å². The highest BCUT2D eigenvalue weighted by atomic mass is 35.5. The van der Waals surface area contributed by atoms with Gasteiger partial charge in [-0.25, -0.2) is 0 Å². The summed E-state index contributed by atoms with van der Waals surface area (Å²) in [7, 11) is 6.20. The van der Waals surface area contributed by atoms with E-state index in [0.29, 0.717) is 4.48 Å². The summed E-state index contributed by atoms with van der Waals surface area (Å²) < 4.78 is 0.665. The molecule has 0 radical (unpaired) electrons. The highest BCUT2D eigenvalue weighted by Crippen LogP contribution is 2.15. The molecule has 0 amide bonds. The van der Waals surface area contributed by atoms with Crippen LogP contribution in [0, 0.1) is 0 Å². The molecule has 0 rings (SSSR count).